The molecule has 0 spiro atoms. The van der Waals surface area contributed by atoms with Gasteiger partial charge in [-0.3, -0.25) is 9.78 Å². The molecule has 0 saturated heterocycles. The second-order valence-electron chi connectivity index (χ2n) is 9.65. The third-order valence-electron chi connectivity index (χ3n) is 7.01. The Kier molecular flexibility index (Phi) is 6.40. The van der Waals surface area contributed by atoms with E-state index in [4.69, 9.17) is 28.2 Å². The molecule has 0 amide bonds. The molecule has 2 aromatic heterocycles. The van der Waals surface area contributed by atoms with Gasteiger partial charge in [0.05, 0.1) is 32.5 Å². The van der Waals surface area contributed by atoms with E-state index in [1.54, 1.807) is 18.3 Å². The van der Waals surface area contributed by atoms with E-state index in [1.807, 2.05) is 12.1 Å². The van der Waals surface area contributed by atoms with E-state index in [9.17, 15) is 9.90 Å². The molecule has 5 rings (SSSR count). The summed E-state index contributed by atoms with van der Waals surface area (Å²) in [5, 5.41) is 14.0. The van der Waals surface area contributed by atoms with Crippen molar-refractivity contribution in [2.45, 2.75) is 50.6 Å². The smallest absolute Gasteiger partial charge is 0.169 e. The average molecular weight is 499 g/mol. The van der Waals surface area contributed by atoms with E-state index in [1.165, 1.54) is 0 Å². The van der Waals surface area contributed by atoms with Crippen LogP contribution in [0.25, 0.3) is 22.3 Å². The lowest BCUT2D eigenvalue weighted by molar-refractivity contribution is 0.0968. The molecule has 2 aliphatic rings. The number of benzene rings is 1. The van der Waals surface area contributed by atoms with Gasteiger partial charge in [0, 0.05) is 29.8 Å². The Morgan fingerprint density at radius 3 is 2.35 bits per heavy atom. The first-order valence-corrected chi connectivity index (χ1v) is 12.5. The van der Waals surface area contributed by atoms with Crippen LogP contribution in [0.15, 0.2) is 30.5 Å². The van der Waals surface area contributed by atoms with Crippen LogP contribution in [0.3, 0.4) is 0 Å². The van der Waals surface area contributed by atoms with E-state index in [0.717, 1.165) is 49.7 Å². The first-order chi connectivity index (χ1) is 16.3. The third kappa shape index (κ3) is 4.59. The number of anilines is 1. The number of carbonyl (C=O) groups is 1. The Morgan fingerprint density at radius 1 is 1.06 bits per heavy atom. The minimum Gasteiger partial charge on any atom is -0.505 e. The van der Waals surface area contributed by atoms with Crippen LogP contribution in [0.1, 0.15) is 48.9 Å². The maximum Gasteiger partial charge on any atom is 0.169 e. The van der Waals surface area contributed by atoms with E-state index in [0.29, 0.717) is 28.4 Å². The number of carbonyl (C=O) groups excluding carboxylic acids is 1. The number of fused-ring (bicyclic) bond motifs is 1. The molecule has 3 aromatic rings. The zero-order valence-electron chi connectivity index (χ0n) is 19.3. The predicted molar refractivity (Wildman–Crippen MR) is 137 cm³/mol. The van der Waals surface area contributed by atoms with Crippen molar-refractivity contribution < 1.29 is 9.90 Å². The second kappa shape index (κ2) is 9.33. The summed E-state index contributed by atoms with van der Waals surface area (Å²) in [6.07, 6.45) is 7.86. The molecule has 34 heavy (non-hydrogen) atoms. The van der Waals surface area contributed by atoms with Crippen LogP contribution >= 0.6 is 23.2 Å². The van der Waals surface area contributed by atoms with Crippen molar-refractivity contribution in [2.75, 3.05) is 19.4 Å². The molecule has 0 unspecified atom stereocenters. The van der Waals surface area contributed by atoms with E-state index in [2.05, 4.69) is 29.3 Å². The SMILES string of the molecule is CN(C)[C@H]1CC[C@H](Nc2c(C(=O)C3CC3)cnc3ccc(-c4cc(Cl)c(O)c(Cl)c4)nc23)CC1. The van der Waals surface area contributed by atoms with Crippen molar-refractivity contribution in [3.8, 4) is 17.0 Å². The molecule has 0 aliphatic heterocycles. The van der Waals surface area contributed by atoms with Gasteiger partial charge < -0.3 is 15.3 Å². The number of hydrogen-bond donors (Lipinski definition) is 2. The highest BCUT2D eigenvalue weighted by Crippen LogP contribution is 2.39. The summed E-state index contributed by atoms with van der Waals surface area (Å²) < 4.78 is 0. The number of nitrogens with one attached hydrogen (secondary N) is 1. The number of halogens is 2. The number of aromatic nitrogens is 2. The highest BCUT2D eigenvalue weighted by Gasteiger charge is 2.33. The van der Waals surface area contributed by atoms with Crippen LogP contribution in [-0.2, 0) is 0 Å². The minimum atomic E-state index is -0.150. The fourth-order valence-corrected chi connectivity index (χ4v) is 5.27. The Bertz CT molecular complexity index is 1230. The second-order valence-corrected chi connectivity index (χ2v) is 10.5. The van der Waals surface area contributed by atoms with Crippen LogP contribution in [0, 0.1) is 5.92 Å². The normalized spacial score (nSPS) is 20.6. The lowest BCUT2D eigenvalue weighted by atomic mass is 9.90. The highest BCUT2D eigenvalue weighted by atomic mass is 35.5. The topological polar surface area (TPSA) is 78.4 Å². The lowest BCUT2D eigenvalue weighted by Gasteiger charge is -2.33. The Hall–Kier alpha value is -2.41. The number of rotatable bonds is 6. The molecule has 2 aliphatic carbocycles. The van der Waals surface area contributed by atoms with Crippen LogP contribution in [0.4, 0.5) is 5.69 Å². The van der Waals surface area contributed by atoms with Gasteiger partial charge in [0.1, 0.15) is 5.52 Å². The number of Topliss-reactive ketones (excluding diaryl/α,β-unsaturated/α-hetero) is 1. The molecular formula is C26H28Cl2N4O2. The van der Waals surface area contributed by atoms with Crippen molar-refractivity contribution in [3.05, 3.63) is 46.1 Å². The molecule has 6 nitrogen and oxygen atoms in total. The van der Waals surface area contributed by atoms with Crippen molar-refractivity contribution in [1.29, 1.82) is 0 Å². The van der Waals surface area contributed by atoms with E-state index < -0.39 is 0 Å². The van der Waals surface area contributed by atoms with Gasteiger partial charge in [0.2, 0.25) is 0 Å². The number of pyridine rings is 2. The highest BCUT2D eigenvalue weighted by molar-refractivity contribution is 6.37. The summed E-state index contributed by atoms with van der Waals surface area (Å²) in [6, 6.07) is 7.89. The van der Waals surface area contributed by atoms with E-state index in [-0.39, 0.29) is 33.5 Å². The van der Waals surface area contributed by atoms with Gasteiger partial charge >= 0.3 is 0 Å². The Labute approximate surface area is 209 Å². The summed E-state index contributed by atoms with van der Waals surface area (Å²) in [5.74, 6) is 0.0755. The summed E-state index contributed by atoms with van der Waals surface area (Å²) in [7, 11) is 4.27. The molecule has 0 atom stereocenters. The summed E-state index contributed by atoms with van der Waals surface area (Å²) in [5.41, 5.74) is 4.11. The van der Waals surface area contributed by atoms with Crippen LogP contribution in [0.2, 0.25) is 10.0 Å². The molecular weight excluding hydrogens is 471 g/mol. The van der Waals surface area contributed by atoms with Gasteiger partial charge in [-0.05, 0) is 76.9 Å². The van der Waals surface area contributed by atoms with Gasteiger partial charge in [-0.1, -0.05) is 23.2 Å². The van der Waals surface area contributed by atoms with Crippen LogP contribution in [0.5, 0.6) is 5.75 Å². The monoisotopic (exact) mass is 498 g/mol. The maximum atomic E-state index is 13.2. The first kappa shape index (κ1) is 23.3. The number of ketones is 1. The predicted octanol–water partition coefficient (Wildman–Crippen LogP) is 6.19. The van der Waals surface area contributed by atoms with Crippen LogP contribution < -0.4 is 5.32 Å². The number of phenolic OH excluding ortho intramolecular Hbond substituents is 1. The molecule has 2 saturated carbocycles. The summed E-state index contributed by atoms with van der Waals surface area (Å²) in [6.45, 7) is 0. The average Bonchev–Trinajstić information content (AvgIpc) is 3.67. The zero-order valence-corrected chi connectivity index (χ0v) is 20.8. The maximum absolute atomic E-state index is 13.2. The van der Waals surface area contributed by atoms with Gasteiger partial charge in [-0.2, -0.15) is 0 Å². The van der Waals surface area contributed by atoms with E-state index >= 15 is 0 Å². The standard InChI is InChI=1S/C26H28Cl2N4O2/c1-32(2)17-7-5-16(6-8-17)30-23-18(25(33)14-3-4-14)13-29-22-10-9-21(31-24(22)23)15-11-19(27)26(34)20(28)12-15/h9-14,16-17,34H,3-8H2,1-2H3,(H,29,30)/t16-,17-. The van der Waals surface area contributed by atoms with Gasteiger partial charge in [0.15, 0.2) is 11.5 Å². The fourth-order valence-electron chi connectivity index (χ4n) is 4.78. The molecule has 8 heteroatoms. The quantitative estimate of drug-likeness (QED) is 0.394. The van der Waals surface area contributed by atoms with Gasteiger partial charge in [-0.15, -0.1) is 0 Å². The van der Waals surface area contributed by atoms with Gasteiger partial charge in [-0.25, -0.2) is 4.98 Å². The zero-order chi connectivity index (χ0) is 24.0. The molecule has 1 aromatic carbocycles. The fraction of sp³-hybridized carbons (Fsp3) is 0.423. The molecule has 2 heterocycles. The number of phenols is 1. The molecule has 2 fully saturated rings. The number of aromatic hydroxyl groups is 1. The molecule has 0 radical (unpaired) electrons. The third-order valence-corrected chi connectivity index (χ3v) is 7.59. The minimum absolute atomic E-state index is 0.0853. The van der Waals surface area contributed by atoms with Gasteiger partial charge in [0.25, 0.3) is 0 Å². The number of nitrogens with zero attached hydrogens (tertiary/aromatic N) is 3. The summed E-state index contributed by atoms with van der Waals surface area (Å²) in [4.78, 5) is 24.9. The van der Waals surface area contributed by atoms with Crippen molar-refractivity contribution in [1.82, 2.24) is 14.9 Å². The Balaban J connectivity index is 1.56. The van der Waals surface area contributed by atoms with Crippen LogP contribution in [-0.4, -0.2) is 51.9 Å². The first-order valence-electron chi connectivity index (χ1n) is 11.8. The van der Waals surface area contributed by atoms with Crippen molar-refractivity contribution in [2.24, 2.45) is 5.92 Å². The van der Waals surface area contributed by atoms with Crippen molar-refractivity contribution in [3.63, 3.8) is 0 Å². The lowest BCUT2D eigenvalue weighted by Crippen LogP contribution is -2.36. The molecule has 0 bridgehead atoms. The molecule has 178 valence electrons. The summed E-state index contributed by atoms with van der Waals surface area (Å²) >= 11 is 12.3. The molecule has 2 N–H and O–H groups in total. The number of hydrogen-bond acceptors (Lipinski definition) is 6. The van der Waals surface area contributed by atoms with Crippen molar-refractivity contribution >= 4 is 45.7 Å². The Morgan fingerprint density at radius 2 is 1.74 bits per heavy atom. The largest absolute Gasteiger partial charge is 0.505 e.